The molecule has 1 atom stereocenters. The van der Waals surface area contributed by atoms with Crippen LogP contribution < -0.4 is 10.6 Å². The first-order valence-corrected chi connectivity index (χ1v) is 7.24. The van der Waals surface area contributed by atoms with Gasteiger partial charge in [0.05, 0.1) is 12.0 Å². The summed E-state index contributed by atoms with van der Waals surface area (Å²) in [5, 5.41) is 4.58. The third-order valence-electron chi connectivity index (χ3n) is 3.79. The Kier molecular flexibility index (Phi) is 3.99. The predicted molar refractivity (Wildman–Crippen MR) is 81.3 cm³/mol. The van der Waals surface area contributed by atoms with Gasteiger partial charge in [-0.1, -0.05) is 0 Å². The van der Waals surface area contributed by atoms with Crippen LogP contribution in [0.2, 0.25) is 0 Å². The number of hydrogen-bond acceptors (Lipinski definition) is 4. The monoisotopic (exact) mass is 349 g/mol. The minimum Gasteiger partial charge on any atom is -0.466 e. The number of imide groups is 1. The van der Waals surface area contributed by atoms with Gasteiger partial charge in [-0.2, -0.15) is 0 Å². The Bertz CT molecular complexity index is 853. The highest BCUT2D eigenvalue weighted by Gasteiger charge is 2.51. The summed E-state index contributed by atoms with van der Waals surface area (Å²) in [5.41, 5.74) is -1.82. The fourth-order valence-corrected chi connectivity index (χ4v) is 2.50. The first-order chi connectivity index (χ1) is 11.8. The maximum atomic E-state index is 13.6. The van der Waals surface area contributed by atoms with E-state index < -0.39 is 41.6 Å². The molecule has 7 nitrogen and oxygen atoms in total. The summed E-state index contributed by atoms with van der Waals surface area (Å²) in [5.74, 6) is -2.91. The molecule has 1 saturated heterocycles. The Morgan fingerprint density at radius 1 is 1.32 bits per heavy atom. The van der Waals surface area contributed by atoms with Gasteiger partial charge in [0.2, 0.25) is 5.91 Å². The number of carbonyl (C=O) groups is 3. The topological polar surface area (TPSA) is 91.7 Å². The van der Waals surface area contributed by atoms with E-state index in [1.165, 1.54) is 19.3 Å². The third kappa shape index (κ3) is 2.95. The maximum absolute atomic E-state index is 13.6. The Labute approximate surface area is 140 Å². The van der Waals surface area contributed by atoms with Gasteiger partial charge in [-0.3, -0.25) is 14.5 Å². The molecule has 0 aliphatic carbocycles. The van der Waals surface area contributed by atoms with Crippen LogP contribution in [0, 0.1) is 11.6 Å². The van der Waals surface area contributed by atoms with Crippen LogP contribution in [0.1, 0.15) is 12.7 Å². The molecule has 1 aromatic carbocycles. The van der Waals surface area contributed by atoms with E-state index in [9.17, 15) is 23.2 Å². The van der Waals surface area contributed by atoms with Gasteiger partial charge < -0.3 is 15.1 Å². The van der Waals surface area contributed by atoms with Crippen molar-refractivity contribution in [2.45, 2.75) is 12.5 Å². The molecular weight excluding hydrogens is 336 g/mol. The molecule has 9 heteroatoms. The van der Waals surface area contributed by atoms with Gasteiger partial charge >= 0.3 is 6.03 Å². The molecule has 1 fully saturated rings. The van der Waals surface area contributed by atoms with Crippen molar-refractivity contribution < 1.29 is 27.6 Å². The highest BCUT2D eigenvalue weighted by molar-refractivity contribution is 6.10. The molecule has 3 rings (SSSR count). The summed E-state index contributed by atoms with van der Waals surface area (Å²) in [6.45, 7) is 0.785. The smallest absolute Gasteiger partial charge is 0.325 e. The number of halogens is 2. The second-order valence-corrected chi connectivity index (χ2v) is 5.60. The zero-order valence-electron chi connectivity index (χ0n) is 13.0. The van der Waals surface area contributed by atoms with Gasteiger partial charge in [0.25, 0.3) is 5.91 Å². The summed E-state index contributed by atoms with van der Waals surface area (Å²) in [4.78, 5) is 37.3. The maximum Gasteiger partial charge on any atom is 0.325 e. The van der Waals surface area contributed by atoms with E-state index in [4.69, 9.17) is 4.42 Å². The average Bonchev–Trinajstić information content (AvgIpc) is 3.16. The van der Waals surface area contributed by atoms with Crippen molar-refractivity contribution in [3.63, 3.8) is 0 Å². The molecule has 1 aliphatic rings. The van der Waals surface area contributed by atoms with Crippen LogP contribution in [-0.4, -0.2) is 29.3 Å². The zero-order chi connectivity index (χ0) is 18.2. The lowest BCUT2D eigenvalue weighted by Gasteiger charge is -2.18. The van der Waals surface area contributed by atoms with E-state index >= 15 is 0 Å². The van der Waals surface area contributed by atoms with Gasteiger partial charge in [0.15, 0.2) is 5.54 Å². The van der Waals surface area contributed by atoms with Crippen LogP contribution in [0.15, 0.2) is 41.0 Å². The molecule has 0 bridgehead atoms. The predicted octanol–water partition coefficient (Wildman–Crippen LogP) is 1.96. The number of hydrogen-bond donors (Lipinski definition) is 2. The van der Waals surface area contributed by atoms with Crippen LogP contribution in [0.5, 0.6) is 0 Å². The standard InChI is InChI=1S/C16H13F2N3O4/c1-16(12-3-2-6-25-12)14(23)21(15(24)20-16)8-13(22)19-11-7-9(17)4-5-10(11)18/h2-7H,8H2,1H3,(H,19,22)(H,20,24). The SMILES string of the molecule is CC1(c2ccco2)NC(=O)N(CC(=O)Nc2cc(F)ccc2F)C1=O. The van der Waals surface area contributed by atoms with Crippen LogP contribution >= 0.6 is 0 Å². The van der Waals surface area contributed by atoms with Gasteiger partial charge in [0, 0.05) is 6.07 Å². The van der Waals surface area contributed by atoms with Crippen molar-refractivity contribution >= 4 is 23.5 Å². The Morgan fingerprint density at radius 3 is 2.76 bits per heavy atom. The summed E-state index contributed by atoms with van der Waals surface area (Å²) in [7, 11) is 0. The van der Waals surface area contributed by atoms with E-state index in [1.54, 1.807) is 6.07 Å². The van der Waals surface area contributed by atoms with Gasteiger partial charge in [-0.25, -0.2) is 13.6 Å². The fourth-order valence-electron chi connectivity index (χ4n) is 2.50. The van der Waals surface area contributed by atoms with Crippen LogP contribution in [0.25, 0.3) is 0 Å². The number of nitrogens with one attached hydrogen (secondary N) is 2. The van der Waals surface area contributed by atoms with Crippen molar-refractivity contribution in [3.8, 4) is 0 Å². The number of nitrogens with zero attached hydrogens (tertiary/aromatic N) is 1. The van der Waals surface area contributed by atoms with Crippen LogP contribution in [0.4, 0.5) is 19.3 Å². The van der Waals surface area contributed by atoms with E-state index in [1.807, 2.05) is 0 Å². The largest absolute Gasteiger partial charge is 0.466 e. The zero-order valence-corrected chi connectivity index (χ0v) is 13.0. The van der Waals surface area contributed by atoms with Crippen molar-refractivity contribution in [2.75, 3.05) is 11.9 Å². The first kappa shape index (κ1) is 16.6. The first-order valence-electron chi connectivity index (χ1n) is 7.24. The summed E-state index contributed by atoms with van der Waals surface area (Å²) in [6, 6.07) is 4.83. The summed E-state index contributed by atoms with van der Waals surface area (Å²) in [6.07, 6.45) is 1.35. The number of carbonyl (C=O) groups excluding carboxylic acids is 3. The van der Waals surface area contributed by atoms with E-state index in [-0.39, 0.29) is 11.4 Å². The average molecular weight is 349 g/mol. The third-order valence-corrected chi connectivity index (χ3v) is 3.79. The molecule has 25 heavy (non-hydrogen) atoms. The normalized spacial score (nSPS) is 19.9. The molecule has 0 spiro atoms. The Hall–Kier alpha value is -3.23. The molecule has 2 heterocycles. The molecule has 130 valence electrons. The van der Waals surface area contributed by atoms with Gasteiger partial charge in [-0.05, 0) is 31.2 Å². The van der Waals surface area contributed by atoms with Crippen LogP contribution in [0.3, 0.4) is 0 Å². The van der Waals surface area contributed by atoms with Crippen molar-refractivity contribution in [2.24, 2.45) is 0 Å². The molecule has 2 aromatic rings. The second kappa shape index (κ2) is 6.00. The molecule has 4 amide bonds. The van der Waals surface area contributed by atoms with Gasteiger partial charge in [0.1, 0.15) is 23.9 Å². The number of urea groups is 1. The lowest BCUT2D eigenvalue weighted by Crippen LogP contribution is -2.41. The minimum atomic E-state index is -1.44. The van der Waals surface area contributed by atoms with Crippen molar-refractivity contribution in [3.05, 3.63) is 54.0 Å². The summed E-state index contributed by atoms with van der Waals surface area (Å²) >= 11 is 0. The Balaban J connectivity index is 1.74. The van der Waals surface area contributed by atoms with Crippen LogP contribution in [-0.2, 0) is 15.1 Å². The quantitative estimate of drug-likeness (QED) is 0.826. The molecular formula is C16H13F2N3O4. The second-order valence-electron chi connectivity index (χ2n) is 5.60. The van der Waals surface area contributed by atoms with Crippen molar-refractivity contribution in [1.29, 1.82) is 0 Å². The summed E-state index contributed by atoms with van der Waals surface area (Å²) < 4.78 is 31.8. The van der Waals surface area contributed by atoms with E-state index in [0.717, 1.165) is 18.2 Å². The number of rotatable bonds is 4. The molecule has 1 aromatic heterocycles. The Morgan fingerprint density at radius 2 is 2.08 bits per heavy atom. The van der Waals surface area contributed by atoms with E-state index in [0.29, 0.717) is 4.90 Å². The number of benzene rings is 1. The number of furan rings is 1. The molecule has 0 saturated carbocycles. The highest BCUT2D eigenvalue weighted by atomic mass is 19.1. The molecule has 0 radical (unpaired) electrons. The van der Waals surface area contributed by atoms with Crippen molar-refractivity contribution in [1.82, 2.24) is 10.2 Å². The lowest BCUT2D eigenvalue weighted by molar-refractivity contribution is -0.134. The van der Waals surface area contributed by atoms with Gasteiger partial charge in [-0.15, -0.1) is 0 Å². The molecule has 1 aliphatic heterocycles. The number of anilines is 1. The molecule has 2 N–H and O–H groups in total. The minimum absolute atomic E-state index is 0.213. The number of amides is 4. The molecule has 1 unspecified atom stereocenters. The van der Waals surface area contributed by atoms with E-state index in [2.05, 4.69) is 10.6 Å². The lowest BCUT2D eigenvalue weighted by atomic mass is 9.99. The highest BCUT2D eigenvalue weighted by Crippen LogP contribution is 2.29. The fraction of sp³-hybridized carbons (Fsp3) is 0.188.